The van der Waals surface area contributed by atoms with Gasteiger partial charge in [-0.05, 0) is 24.3 Å². The number of hydrogen-bond acceptors (Lipinski definition) is 3. The minimum atomic E-state index is -3.21. The minimum Gasteiger partial charge on any atom is -0.305 e. The molecule has 0 saturated carbocycles. The number of terminal acetylenes is 1. The van der Waals surface area contributed by atoms with Crippen molar-refractivity contribution in [3.63, 3.8) is 0 Å². The van der Waals surface area contributed by atoms with Crippen molar-refractivity contribution in [3.05, 3.63) is 28.7 Å². The lowest BCUT2D eigenvalue weighted by atomic mass is 10.4. The molecule has 0 amide bonds. The molecular formula is C11H12BrNO2S. The lowest BCUT2D eigenvalue weighted by Gasteiger charge is -2.04. The third-order valence-corrected chi connectivity index (χ3v) is 4.21. The molecule has 1 rings (SSSR count). The summed E-state index contributed by atoms with van der Waals surface area (Å²) in [5.41, 5.74) is 0. The Labute approximate surface area is 104 Å². The van der Waals surface area contributed by atoms with E-state index in [9.17, 15) is 8.42 Å². The zero-order valence-electron chi connectivity index (χ0n) is 8.61. The summed E-state index contributed by atoms with van der Waals surface area (Å²) in [5.74, 6) is 2.44. The molecule has 0 bridgehead atoms. The van der Waals surface area contributed by atoms with Gasteiger partial charge in [0.25, 0.3) is 0 Å². The first kappa shape index (κ1) is 13.2. The van der Waals surface area contributed by atoms with E-state index in [-0.39, 0.29) is 5.75 Å². The van der Waals surface area contributed by atoms with E-state index >= 15 is 0 Å². The summed E-state index contributed by atoms with van der Waals surface area (Å²) in [6, 6.07) is 6.59. The van der Waals surface area contributed by atoms with Crippen LogP contribution in [0.1, 0.15) is 0 Å². The monoisotopic (exact) mass is 301 g/mol. The van der Waals surface area contributed by atoms with E-state index < -0.39 is 9.84 Å². The summed E-state index contributed by atoms with van der Waals surface area (Å²) >= 11 is 3.26. The average Bonchev–Trinajstić information content (AvgIpc) is 2.25. The van der Waals surface area contributed by atoms with E-state index in [0.717, 1.165) is 4.47 Å². The third-order valence-electron chi connectivity index (χ3n) is 1.95. The number of hydrogen-bond donors (Lipinski definition) is 1. The predicted octanol–water partition coefficient (Wildman–Crippen LogP) is 1.45. The van der Waals surface area contributed by atoms with E-state index in [0.29, 0.717) is 18.0 Å². The molecule has 0 fully saturated rings. The van der Waals surface area contributed by atoms with Gasteiger partial charge in [-0.1, -0.05) is 21.9 Å². The Balaban J connectivity index is 2.64. The van der Waals surface area contributed by atoms with Gasteiger partial charge >= 0.3 is 0 Å². The van der Waals surface area contributed by atoms with Gasteiger partial charge in [-0.2, -0.15) is 0 Å². The van der Waals surface area contributed by atoms with Crippen molar-refractivity contribution in [2.45, 2.75) is 4.90 Å². The smallest absolute Gasteiger partial charge is 0.179 e. The van der Waals surface area contributed by atoms with Gasteiger partial charge in [-0.3, -0.25) is 0 Å². The van der Waals surface area contributed by atoms with Gasteiger partial charge in [-0.15, -0.1) is 6.42 Å². The Morgan fingerprint density at radius 2 is 1.94 bits per heavy atom. The van der Waals surface area contributed by atoms with Crippen LogP contribution < -0.4 is 5.32 Å². The maximum Gasteiger partial charge on any atom is 0.179 e. The Bertz CT molecular complexity index is 474. The highest BCUT2D eigenvalue weighted by Gasteiger charge is 2.12. The summed E-state index contributed by atoms with van der Waals surface area (Å²) in [6.45, 7) is 0.748. The second kappa shape index (κ2) is 6.04. The normalized spacial score (nSPS) is 11.0. The van der Waals surface area contributed by atoms with Gasteiger partial charge in [0, 0.05) is 11.0 Å². The minimum absolute atomic E-state index is 0.0519. The van der Waals surface area contributed by atoms with E-state index in [2.05, 4.69) is 27.2 Å². The molecule has 0 aromatic heterocycles. The zero-order chi connectivity index (χ0) is 12.0. The number of rotatable bonds is 5. The first-order valence-corrected chi connectivity index (χ1v) is 7.13. The maximum atomic E-state index is 11.8. The molecule has 0 heterocycles. The van der Waals surface area contributed by atoms with Crippen molar-refractivity contribution in [1.29, 1.82) is 0 Å². The lowest BCUT2D eigenvalue weighted by Crippen LogP contribution is -2.23. The molecule has 1 aromatic carbocycles. The van der Waals surface area contributed by atoms with Crippen LogP contribution in [0.25, 0.3) is 0 Å². The van der Waals surface area contributed by atoms with E-state index in [1.54, 1.807) is 24.3 Å². The van der Waals surface area contributed by atoms with Gasteiger partial charge in [-0.25, -0.2) is 8.42 Å². The largest absolute Gasteiger partial charge is 0.305 e. The summed E-state index contributed by atoms with van der Waals surface area (Å²) in [4.78, 5) is 0.332. The van der Waals surface area contributed by atoms with Crippen LogP contribution in [0.3, 0.4) is 0 Å². The molecule has 0 atom stereocenters. The molecule has 0 unspecified atom stereocenters. The SMILES string of the molecule is C#CCNCCS(=O)(=O)c1ccc(Br)cc1. The van der Waals surface area contributed by atoms with Crippen LogP contribution >= 0.6 is 15.9 Å². The summed E-state index contributed by atoms with van der Waals surface area (Å²) in [5, 5.41) is 2.85. The van der Waals surface area contributed by atoms with Crippen LogP contribution in [0.2, 0.25) is 0 Å². The molecule has 0 aliphatic heterocycles. The van der Waals surface area contributed by atoms with Crippen molar-refractivity contribution in [1.82, 2.24) is 5.32 Å². The van der Waals surface area contributed by atoms with E-state index in [1.807, 2.05) is 0 Å². The first-order chi connectivity index (χ1) is 7.56. The molecule has 1 N–H and O–H groups in total. The number of sulfone groups is 1. The maximum absolute atomic E-state index is 11.8. The number of benzene rings is 1. The second-order valence-electron chi connectivity index (χ2n) is 3.15. The molecular weight excluding hydrogens is 290 g/mol. The Morgan fingerprint density at radius 1 is 1.31 bits per heavy atom. The van der Waals surface area contributed by atoms with Gasteiger partial charge in [0.15, 0.2) is 9.84 Å². The predicted molar refractivity (Wildman–Crippen MR) is 67.9 cm³/mol. The molecule has 16 heavy (non-hydrogen) atoms. The number of halogens is 1. The quantitative estimate of drug-likeness (QED) is 0.661. The Morgan fingerprint density at radius 3 is 2.50 bits per heavy atom. The van der Waals surface area contributed by atoms with E-state index in [4.69, 9.17) is 6.42 Å². The van der Waals surface area contributed by atoms with Crippen LogP contribution in [-0.2, 0) is 9.84 Å². The van der Waals surface area contributed by atoms with Crippen LogP contribution in [0.15, 0.2) is 33.6 Å². The van der Waals surface area contributed by atoms with E-state index in [1.165, 1.54) is 0 Å². The van der Waals surface area contributed by atoms with Gasteiger partial charge in [0.2, 0.25) is 0 Å². The highest BCUT2D eigenvalue weighted by Crippen LogP contribution is 2.15. The molecule has 0 aliphatic rings. The van der Waals surface area contributed by atoms with Gasteiger partial charge in [0.1, 0.15) is 0 Å². The van der Waals surface area contributed by atoms with Crippen LogP contribution in [0, 0.1) is 12.3 Å². The second-order valence-corrected chi connectivity index (χ2v) is 6.18. The van der Waals surface area contributed by atoms with Crippen molar-refractivity contribution >= 4 is 25.8 Å². The molecule has 3 nitrogen and oxygen atoms in total. The summed E-state index contributed by atoms with van der Waals surface area (Å²) < 4.78 is 24.5. The lowest BCUT2D eigenvalue weighted by molar-refractivity contribution is 0.593. The highest BCUT2D eigenvalue weighted by atomic mass is 79.9. The fourth-order valence-electron chi connectivity index (χ4n) is 1.13. The molecule has 0 radical (unpaired) electrons. The fourth-order valence-corrected chi connectivity index (χ4v) is 2.59. The standard InChI is InChI=1S/C11H12BrNO2S/c1-2-7-13-8-9-16(14,15)11-5-3-10(12)4-6-11/h1,3-6,13H,7-9H2. The van der Waals surface area contributed by atoms with Crippen molar-refractivity contribution < 1.29 is 8.42 Å². The van der Waals surface area contributed by atoms with Crippen LogP contribution in [0.4, 0.5) is 0 Å². The third kappa shape index (κ3) is 3.97. The molecule has 1 aromatic rings. The summed E-state index contributed by atoms with van der Waals surface area (Å²) in [6.07, 6.45) is 5.04. The van der Waals surface area contributed by atoms with Crippen molar-refractivity contribution in [2.24, 2.45) is 0 Å². The fraction of sp³-hybridized carbons (Fsp3) is 0.273. The average molecular weight is 302 g/mol. The number of nitrogens with one attached hydrogen (secondary N) is 1. The topological polar surface area (TPSA) is 46.2 Å². The Kier molecular flexibility index (Phi) is 5.00. The van der Waals surface area contributed by atoms with Crippen molar-refractivity contribution in [2.75, 3.05) is 18.8 Å². The zero-order valence-corrected chi connectivity index (χ0v) is 11.0. The van der Waals surface area contributed by atoms with Gasteiger partial charge < -0.3 is 5.32 Å². The Hall–Kier alpha value is -0.830. The molecule has 0 aliphatic carbocycles. The highest BCUT2D eigenvalue weighted by molar-refractivity contribution is 9.10. The molecule has 0 saturated heterocycles. The molecule has 5 heteroatoms. The van der Waals surface area contributed by atoms with Gasteiger partial charge in [0.05, 0.1) is 17.2 Å². The molecule has 86 valence electrons. The van der Waals surface area contributed by atoms with Crippen LogP contribution in [0.5, 0.6) is 0 Å². The summed E-state index contributed by atoms with van der Waals surface area (Å²) in [7, 11) is -3.21. The molecule has 0 spiro atoms. The van der Waals surface area contributed by atoms with Crippen molar-refractivity contribution in [3.8, 4) is 12.3 Å². The first-order valence-electron chi connectivity index (χ1n) is 4.69. The van der Waals surface area contributed by atoms with Crippen LogP contribution in [-0.4, -0.2) is 27.3 Å².